The lowest BCUT2D eigenvalue weighted by Crippen LogP contribution is -2.52. The number of nitrogens with zero attached hydrogens (tertiary/aromatic N) is 2. The third-order valence-corrected chi connectivity index (χ3v) is 2.67. The van der Waals surface area contributed by atoms with Crippen molar-refractivity contribution in [2.24, 2.45) is 0 Å². The Morgan fingerprint density at radius 2 is 2.35 bits per heavy atom. The average molecular weight is 242 g/mol. The van der Waals surface area contributed by atoms with Gasteiger partial charge in [-0.25, -0.2) is 9.89 Å². The molecule has 17 heavy (non-hydrogen) atoms. The molecule has 0 spiro atoms. The molecule has 0 amide bonds. The molecule has 8 heteroatoms. The summed E-state index contributed by atoms with van der Waals surface area (Å²) in [7, 11) is 0. The molecule has 1 saturated heterocycles. The lowest BCUT2D eigenvalue weighted by atomic mass is 10.2. The van der Waals surface area contributed by atoms with Gasteiger partial charge >= 0.3 is 5.69 Å². The van der Waals surface area contributed by atoms with Crippen LogP contribution in [0.4, 0.5) is 5.82 Å². The normalized spacial score (nSPS) is 24.9. The van der Waals surface area contributed by atoms with Crippen molar-refractivity contribution in [3.8, 4) is 0 Å². The zero-order valence-electron chi connectivity index (χ0n) is 9.34. The molecule has 2 heterocycles. The number of rotatable bonds is 2. The van der Waals surface area contributed by atoms with Crippen molar-refractivity contribution in [3.05, 3.63) is 20.8 Å². The van der Waals surface area contributed by atoms with Crippen molar-refractivity contribution in [1.82, 2.24) is 15.2 Å². The summed E-state index contributed by atoms with van der Waals surface area (Å²) in [5.41, 5.74) is -1.18. The third kappa shape index (κ3) is 2.37. The maximum Gasteiger partial charge on any atom is 0.342 e. The summed E-state index contributed by atoms with van der Waals surface area (Å²) >= 11 is 0. The average Bonchev–Trinajstić information content (AvgIpc) is 2.30. The highest BCUT2D eigenvalue weighted by molar-refractivity contribution is 5.36. The minimum atomic E-state index is -0.640. The van der Waals surface area contributed by atoms with E-state index in [-0.39, 0.29) is 24.6 Å². The van der Waals surface area contributed by atoms with Gasteiger partial charge in [-0.2, -0.15) is 0 Å². The Hall–Kier alpha value is -1.67. The predicted molar refractivity (Wildman–Crippen MR) is 59.1 cm³/mol. The van der Waals surface area contributed by atoms with E-state index in [2.05, 4.69) is 15.2 Å². The molecule has 0 aromatic carbocycles. The molecule has 94 valence electrons. The van der Waals surface area contributed by atoms with Gasteiger partial charge in [-0.15, -0.1) is 5.10 Å². The first-order chi connectivity index (χ1) is 8.11. The van der Waals surface area contributed by atoms with E-state index in [9.17, 15) is 9.59 Å². The first-order valence-electron chi connectivity index (χ1n) is 5.30. The summed E-state index contributed by atoms with van der Waals surface area (Å²) in [5.74, 6) is 0.138. The molecule has 0 radical (unpaired) electrons. The zero-order chi connectivity index (χ0) is 12.4. The van der Waals surface area contributed by atoms with E-state index in [0.717, 1.165) is 0 Å². The Morgan fingerprint density at radius 3 is 3.00 bits per heavy atom. The summed E-state index contributed by atoms with van der Waals surface area (Å²) in [6, 6.07) is -0.0442. The van der Waals surface area contributed by atoms with Gasteiger partial charge in [0.2, 0.25) is 5.82 Å². The molecule has 1 aromatic heterocycles. The summed E-state index contributed by atoms with van der Waals surface area (Å²) in [6.45, 7) is 2.51. The standard InChI is InChI=1S/C9H14N4O4/c1-5-4-17-6(3-14)2-13(5)7-8(15)10-9(16)12-11-7/h5-6,14H,2-4H2,1H3,(H2,10,12,15,16). The molecule has 1 aliphatic heterocycles. The second-order valence-electron chi connectivity index (χ2n) is 3.97. The van der Waals surface area contributed by atoms with E-state index in [1.807, 2.05) is 6.92 Å². The molecule has 2 rings (SSSR count). The SMILES string of the molecule is CC1COC(CO)CN1c1n[nH]c(=O)[nH]c1=O. The van der Waals surface area contributed by atoms with Gasteiger partial charge in [0, 0.05) is 6.54 Å². The molecule has 3 N–H and O–H groups in total. The van der Waals surface area contributed by atoms with Crippen molar-refractivity contribution in [3.63, 3.8) is 0 Å². The van der Waals surface area contributed by atoms with Crippen molar-refractivity contribution in [2.45, 2.75) is 19.1 Å². The smallest absolute Gasteiger partial charge is 0.342 e. The molecule has 0 saturated carbocycles. The van der Waals surface area contributed by atoms with Crippen LogP contribution in [-0.4, -0.2) is 52.2 Å². The van der Waals surface area contributed by atoms with Crippen LogP contribution in [-0.2, 0) is 4.74 Å². The van der Waals surface area contributed by atoms with Gasteiger partial charge in [-0.05, 0) is 6.92 Å². The van der Waals surface area contributed by atoms with Crippen LogP contribution in [0, 0.1) is 0 Å². The number of anilines is 1. The summed E-state index contributed by atoms with van der Waals surface area (Å²) in [4.78, 5) is 26.3. The van der Waals surface area contributed by atoms with Gasteiger partial charge < -0.3 is 14.7 Å². The fourth-order valence-electron chi connectivity index (χ4n) is 1.76. The topological polar surface area (TPSA) is 111 Å². The second kappa shape index (κ2) is 4.68. The van der Waals surface area contributed by atoms with Gasteiger partial charge in [0.1, 0.15) is 0 Å². The quantitative estimate of drug-likeness (QED) is 0.555. The number of hydrogen-bond donors (Lipinski definition) is 3. The fourth-order valence-corrected chi connectivity index (χ4v) is 1.76. The van der Waals surface area contributed by atoms with Crippen LogP contribution < -0.4 is 16.1 Å². The Kier molecular flexibility index (Phi) is 3.25. The Balaban J connectivity index is 2.30. The molecule has 1 fully saturated rings. The minimum Gasteiger partial charge on any atom is -0.394 e. The molecule has 2 atom stereocenters. The van der Waals surface area contributed by atoms with E-state index in [1.165, 1.54) is 0 Å². The van der Waals surface area contributed by atoms with Crippen LogP contribution >= 0.6 is 0 Å². The molecule has 0 aliphatic carbocycles. The van der Waals surface area contributed by atoms with Crippen LogP contribution in [0.1, 0.15) is 6.92 Å². The lowest BCUT2D eigenvalue weighted by molar-refractivity contribution is -0.0107. The van der Waals surface area contributed by atoms with Gasteiger partial charge in [0.05, 0.1) is 25.4 Å². The number of hydrogen-bond acceptors (Lipinski definition) is 6. The number of aromatic amines is 2. The highest BCUT2D eigenvalue weighted by Gasteiger charge is 2.28. The molecule has 8 nitrogen and oxygen atoms in total. The number of H-pyrrole nitrogens is 2. The summed E-state index contributed by atoms with van der Waals surface area (Å²) in [6.07, 6.45) is -0.348. The Bertz CT molecular complexity index is 496. The van der Waals surface area contributed by atoms with E-state index < -0.39 is 11.2 Å². The summed E-state index contributed by atoms with van der Waals surface area (Å²) < 4.78 is 5.35. The van der Waals surface area contributed by atoms with Crippen LogP contribution in [0.3, 0.4) is 0 Å². The number of aromatic nitrogens is 3. The molecule has 0 bridgehead atoms. The van der Waals surface area contributed by atoms with Crippen LogP contribution in [0.25, 0.3) is 0 Å². The second-order valence-corrected chi connectivity index (χ2v) is 3.97. The number of aliphatic hydroxyl groups is 1. The molecule has 1 aliphatic rings. The van der Waals surface area contributed by atoms with Crippen LogP contribution in [0.5, 0.6) is 0 Å². The predicted octanol–water partition coefficient (Wildman–Crippen LogP) is -1.96. The molecule has 1 aromatic rings. The largest absolute Gasteiger partial charge is 0.394 e. The van der Waals surface area contributed by atoms with E-state index in [0.29, 0.717) is 13.2 Å². The first-order valence-corrected chi connectivity index (χ1v) is 5.30. The molecular formula is C9H14N4O4. The van der Waals surface area contributed by atoms with Crippen molar-refractivity contribution >= 4 is 5.82 Å². The number of morpholine rings is 1. The third-order valence-electron chi connectivity index (χ3n) is 2.67. The number of aliphatic hydroxyl groups excluding tert-OH is 1. The fraction of sp³-hybridized carbons (Fsp3) is 0.667. The highest BCUT2D eigenvalue weighted by Crippen LogP contribution is 2.15. The minimum absolute atomic E-state index is 0.0442. The van der Waals surface area contributed by atoms with Gasteiger partial charge in [0.15, 0.2) is 0 Å². The van der Waals surface area contributed by atoms with Crippen LogP contribution in [0.2, 0.25) is 0 Å². The zero-order valence-corrected chi connectivity index (χ0v) is 9.34. The van der Waals surface area contributed by atoms with Crippen LogP contribution in [0.15, 0.2) is 9.59 Å². The molecular weight excluding hydrogens is 228 g/mol. The van der Waals surface area contributed by atoms with Gasteiger partial charge in [-0.1, -0.05) is 0 Å². The Labute approximate surface area is 96.2 Å². The monoisotopic (exact) mass is 242 g/mol. The molecule has 2 unspecified atom stereocenters. The van der Waals surface area contributed by atoms with E-state index in [4.69, 9.17) is 9.84 Å². The van der Waals surface area contributed by atoms with E-state index in [1.54, 1.807) is 4.90 Å². The number of ether oxygens (including phenoxy) is 1. The van der Waals surface area contributed by atoms with E-state index >= 15 is 0 Å². The maximum atomic E-state index is 11.6. The van der Waals surface area contributed by atoms with Crippen molar-refractivity contribution in [1.29, 1.82) is 0 Å². The van der Waals surface area contributed by atoms with Crippen molar-refractivity contribution < 1.29 is 9.84 Å². The summed E-state index contributed by atoms with van der Waals surface area (Å²) in [5, 5.41) is 15.0. The highest BCUT2D eigenvalue weighted by atomic mass is 16.5. The first kappa shape index (κ1) is 11.8. The number of nitrogens with one attached hydrogen (secondary N) is 2. The lowest BCUT2D eigenvalue weighted by Gasteiger charge is -2.37. The maximum absolute atomic E-state index is 11.6. The Morgan fingerprint density at radius 1 is 1.59 bits per heavy atom. The van der Waals surface area contributed by atoms with Gasteiger partial charge in [-0.3, -0.25) is 9.78 Å². The van der Waals surface area contributed by atoms with Gasteiger partial charge in [0.25, 0.3) is 5.56 Å². The van der Waals surface area contributed by atoms with Crippen molar-refractivity contribution in [2.75, 3.05) is 24.7 Å².